The molecule has 0 aliphatic carbocycles. The first-order valence-electron chi connectivity index (χ1n) is 8.78. The average molecular weight is 489 g/mol. The molecule has 1 aromatic heterocycles. The van der Waals surface area contributed by atoms with Crippen molar-refractivity contribution >= 4 is 29.9 Å². The van der Waals surface area contributed by atoms with E-state index in [-0.39, 0.29) is 29.7 Å². The zero-order valence-corrected chi connectivity index (χ0v) is 17.6. The van der Waals surface area contributed by atoms with E-state index in [9.17, 15) is 9.50 Å². The molecule has 0 bridgehead atoms. The molecule has 0 atom stereocenters. The fourth-order valence-corrected chi connectivity index (χ4v) is 2.91. The fraction of sp³-hybridized carbons (Fsp3) is 0.444. The van der Waals surface area contributed by atoms with Gasteiger partial charge in [-0.05, 0) is 24.6 Å². The van der Waals surface area contributed by atoms with Gasteiger partial charge >= 0.3 is 0 Å². The van der Waals surface area contributed by atoms with Crippen molar-refractivity contribution in [3.8, 4) is 5.75 Å². The van der Waals surface area contributed by atoms with Crippen LogP contribution >= 0.6 is 24.0 Å². The van der Waals surface area contributed by atoms with Crippen LogP contribution in [0.3, 0.4) is 0 Å². The number of aromatic nitrogens is 1. The second-order valence-electron chi connectivity index (χ2n) is 6.21. The van der Waals surface area contributed by atoms with Crippen LogP contribution in [0.5, 0.6) is 5.75 Å². The summed E-state index contributed by atoms with van der Waals surface area (Å²) in [6.45, 7) is 7.46. The Bertz CT molecular complexity index is 733. The highest BCUT2D eigenvalue weighted by atomic mass is 127. The minimum absolute atomic E-state index is 0. The van der Waals surface area contributed by atoms with E-state index in [0.29, 0.717) is 6.54 Å². The molecule has 1 aliphatic rings. The van der Waals surface area contributed by atoms with Gasteiger partial charge in [0.15, 0.2) is 17.5 Å². The first kappa shape index (κ1) is 21.4. The molecule has 2 N–H and O–H groups in total. The highest BCUT2D eigenvalue weighted by Gasteiger charge is 2.20. The second-order valence-corrected chi connectivity index (χ2v) is 6.21. The van der Waals surface area contributed by atoms with Crippen LogP contribution in [0.4, 0.5) is 4.39 Å². The molecule has 7 nitrogen and oxygen atoms in total. The summed E-state index contributed by atoms with van der Waals surface area (Å²) in [4.78, 5) is 9.15. The Kier molecular flexibility index (Phi) is 8.29. The minimum atomic E-state index is -0.621. The third-order valence-electron chi connectivity index (χ3n) is 4.31. The number of aliphatic imine (C=N–C) groups is 1. The van der Waals surface area contributed by atoms with Gasteiger partial charge in [0.1, 0.15) is 6.26 Å². The number of nitrogens with zero attached hydrogens (tertiary/aromatic N) is 4. The van der Waals surface area contributed by atoms with Crippen LogP contribution in [0.25, 0.3) is 0 Å². The van der Waals surface area contributed by atoms with Crippen LogP contribution in [0.15, 0.2) is 40.0 Å². The fourth-order valence-electron chi connectivity index (χ4n) is 2.91. The minimum Gasteiger partial charge on any atom is -0.505 e. The lowest BCUT2D eigenvalue weighted by Gasteiger charge is -2.36. The normalized spacial score (nSPS) is 15.5. The van der Waals surface area contributed by atoms with Crippen LogP contribution in [0.1, 0.15) is 18.2 Å². The summed E-state index contributed by atoms with van der Waals surface area (Å²) in [5, 5.41) is 16.5. The van der Waals surface area contributed by atoms with Gasteiger partial charge in [0.25, 0.3) is 0 Å². The number of rotatable bonds is 5. The third-order valence-corrected chi connectivity index (χ3v) is 4.31. The highest BCUT2D eigenvalue weighted by molar-refractivity contribution is 14.0. The van der Waals surface area contributed by atoms with Crippen LogP contribution in [0, 0.1) is 5.82 Å². The monoisotopic (exact) mass is 489 g/mol. The van der Waals surface area contributed by atoms with Gasteiger partial charge in [0.05, 0.1) is 12.2 Å². The molecule has 1 aromatic carbocycles. The van der Waals surface area contributed by atoms with Crippen molar-refractivity contribution in [2.45, 2.75) is 20.0 Å². The molecule has 9 heteroatoms. The van der Waals surface area contributed by atoms with Gasteiger partial charge < -0.3 is 19.8 Å². The quantitative estimate of drug-likeness (QED) is 0.382. The van der Waals surface area contributed by atoms with E-state index in [2.05, 4.69) is 25.3 Å². The zero-order chi connectivity index (χ0) is 18.4. The smallest absolute Gasteiger partial charge is 0.194 e. The van der Waals surface area contributed by atoms with Gasteiger partial charge in [0, 0.05) is 45.3 Å². The number of benzene rings is 1. The number of hydrogen-bond acceptors (Lipinski definition) is 5. The molecule has 2 heterocycles. The Morgan fingerprint density at radius 1 is 1.30 bits per heavy atom. The first-order valence-corrected chi connectivity index (χ1v) is 8.78. The summed E-state index contributed by atoms with van der Waals surface area (Å²) in [5.41, 5.74) is 1.66. The highest BCUT2D eigenvalue weighted by Crippen LogP contribution is 2.17. The van der Waals surface area contributed by atoms with Crippen LogP contribution in [0.2, 0.25) is 0 Å². The predicted molar refractivity (Wildman–Crippen MR) is 112 cm³/mol. The van der Waals surface area contributed by atoms with Gasteiger partial charge in [-0.3, -0.25) is 4.90 Å². The zero-order valence-electron chi connectivity index (χ0n) is 15.3. The van der Waals surface area contributed by atoms with E-state index < -0.39 is 5.82 Å². The molecule has 2 aromatic rings. The van der Waals surface area contributed by atoms with Crippen molar-refractivity contribution in [3.63, 3.8) is 0 Å². The molecule has 0 spiro atoms. The van der Waals surface area contributed by atoms with E-state index in [0.717, 1.165) is 56.5 Å². The van der Waals surface area contributed by atoms with Gasteiger partial charge in [-0.15, -0.1) is 24.0 Å². The number of hydrogen-bond donors (Lipinski definition) is 2. The second kappa shape index (κ2) is 10.5. The summed E-state index contributed by atoms with van der Waals surface area (Å²) < 4.78 is 18.3. The number of piperazine rings is 1. The topological polar surface area (TPSA) is 77.1 Å². The maximum absolute atomic E-state index is 13.5. The Morgan fingerprint density at radius 3 is 2.70 bits per heavy atom. The summed E-state index contributed by atoms with van der Waals surface area (Å²) >= 11 is 0. The lowest BCUT2D eigenvalue weighted by atomic mass is 10.2. The lowest BCUT2D eigenvalue weighted by Crippen LogP contribution is -2.52. The van der Waals surface area contributed by atoms with Crippen molar-refractivity contribution in [2.75, 3.05) is 32.7 Å². The molecular formula is C18H25FIN5O2. The van der Waals surface area contributed by atoms with Gasteiger partial charge in [-0.2, -0.15) is 0 Å². The molecule has 27 heavy (non-hydrogen) atoms. The first-order chi connectivity index (χ1) is 12.7. The van der Waals surface area contributed by atoms with Gasteiger partial charge in [-0.25, -0.2) is 9.38 Å². The molecule has 0 saturated carbocycles. The Morgan fingerprint density at radius 2 is 2.07 bits per heavy atom. The van der Waals surface area contributed by atoms with E-state index in [4.69, 9.17) is 4.52 Å². The molecular weight excluding hydrogens is 464 g/mol. The van der Waals surface area contributed by atoms with Crippen molar-refractivity contribution in [2.24, 2.45) is 4.99 Å². The lowest BCUT2D eigenvalue weighted by molar-refractivity contribution is 0.169. The average Bonchev–Trinajstić information content (AvgIpc) is 3.15. The molecule has 0 radical (unpaired) electrons. The number of phenolic OH excluding ortho intramolecular Hbond substituents is 1. The van der Waals surface area contributed by atoms with Crippen LogP contribution < -0.4 is 5.32 Å². The number of aromatic hydroxyl groups is 1. The van der Waals surface area contributed by atoms with Crippen molar-refractivity contribution < 1.29 is 14.0 Å². The van der Waals surface area contributed by atoms with Crippen molar-refractivity contribution in [1.82, 2.24) is 20.3 Å². The van der Waals surface area contributed by atoms with E-state index in [1.165, 1.54) is 12.1 Å². The van der Waals surface area contributed by atoms with Crippen LogP contribution in [-0.2, 0) is 13.1 Å². The maximum atomic E-state index is 13.5. The Hall–Kier alpha value is -1.88. The van der Waals surface area contributed by atoms with Gasteiger partial charge in [0.2, 0.25) is 0 Å². The van der Waals surface area contributed by atoms with Crippen molar-refractivity contribution in [1.29, 1.82) is 0 Å². The van der Waals surface area contributed by atoms with Gasteiger partial charge in [-0.1, -0.05) is 11.2 Å². The number of halogens is 2. The van der Waals surface area contributed by atoms with E-state index in [1.54, 1.807) is 12.3 Å². The van der Waals surface area contributed by atoms with E-state index in [1.807, 2.05) is 13.0 Å². The molecule has 1 fully saturated rings. The molecule has 3 rings (SSSR count). The maximum Gasteiger partial charge on any atom is 0.194 e. The van der Waals surface area contributed by atoms with Crippen LogP contribution in [-0.4, -0.2) is 58.7 Å². The summed E-state index contributed by atoms with van der Waals surface area (Å²) in [6, 6.07) is 6.24. The third kappa shape index (κ3) is 6.06. The van der Waals surface area contributed by atoms with E-state index >= 15 is 0 Å². The number of phenols is 1. The number of nitrogens with one attached hydrogen (secondary N) is 1. The number of guanidine groups is 1. The molecule has 148 valence electrons. The Labute approximate surface area is 175 Å². The standard InChI is InChI=1S/C18H24FN5O2.HI/c1-2-20-18(21-12-14-3-4-17(25)16(19)11-14)24-8-6-23(7-9-24)13-15-5-10-26-22-15;/h3-5,10-11,25H,2,6-9,12-13H2,1H3,(H,20,21);1H. The molecule has 1 saturated heterocycles. The summed E-state index contributed by atoms with van der Waals surface area (Å²) in [6.07, 6.45) is 1.59. The summed E-state index contributed by atoms with van der Waals surface area (Å²) in [7, 11) is 0. The summed E-state index contributed by atoms with van der Waals surface area (Å²) in [5.74, 6) is -0.140. The SMILES string of the molecule is CCNC(=NCc1ccc(O)c(F)c1)N1CCN(Cc2ccon2)CC1.I. The van der Waals surface area contributed by atoms with Crippen molar-refractivity contribution in [3.05, 3.63) is 47.6 Å². The largest absolute Gasteiger partial charge is 0.505 e. The molecule has 1 aliphatic heterocycles. The molecule has 0 amide bonds. The Balaban J connectivity index is 0.00000261. The predicted octanol–water partition coefficient (Wildman–Crippen LogP) is 2.42. The molecule has 0 unspecified atom stereocenters.